The Morgan fingerprint density at radius 1 is 0.825 bits per heavy atom. The van der Waals surface area contributed by atoms with E-state index in [0.717, 1.165) is 13.0 Å². The van der Waals surface area contributed by atoms with Crippen molar-refractivity contribution in [2.24, 2.45) is 11.1 Å². The van der Waals surface area contributed by atoms with Gasteiger partial charge in [0.1, 0.15) is 0 Å². The zero-order chi connectivity index (χ0) is 40.9. The maximum atomic E-state index is 4.50. The molecule has 5 aromatic rings. The summed E-state index contributed by atoms with van der Waals surface area (Å²) in [6, 6.07) is 32.4. The third-order valence-electron chi connectivity index (χ3n) is 11.3. The molecule has 2 aliphatic heterocycles. The molecule has 0 amide bonds. The molecular weight excluding hydrogens is 711 g/mol. The molecule has 4 heteroatoms. The van der Waals surface area contributed by atoms with Crippen molar-refractivity contribution in [2.75, 3.05) is 18.5 Å². The van der Waals surface area contributed by atoms with Crippen molar-refractivity contribution < 1.29 is 0 Å². The molecule has 0 saturated carbocycles. The predicted octanol–water partition coefficient (Wildman–Crippen LogP) is 13.9. The third-order valence-corrected chi connectivity index (χ3v) is 12.5. The highest BCUT2D eigenvalue weighted by atomic mass is 32.1. The third kappa shape index (κ3) is 7.98. The van der Waals surface area contributed by atoms with Gasteiger partial charge in [-0.05, 0) is 151 Å². The molecule has 288 valence electrons. The zero-order valence-corrected chi connectivity index (χ0v) is 35.3. The second-order valence-corrected chi connectivity index (χ2v) is 16.1. The molecule has 1 aromatic heterocycles. The van der Waals surface area contributed by atoms with E-state index in [0.29, 0.717) is 6.04 Å². The molecule has 3 N–H and O–H groups in total. The first-order valence-corrected chi connectivity index (χ1v) is 20.6. The Kier molecular flexibility index (Phi) is 12.7. The molecule has 1 atom stereocenters. The van der Waals surface area contributed by atoms with Crippen LogP contribution in [-0.4, -0.2) is 13.6 Å². The summed E-state index contributed by atoms with van der Waals surface area (Å²) in [5.74, 6) is 0. The largest absolute Gasteiger partial charge is 0.333 e. The standard InChI is InChI=1S/C50H48N2S.C2H2.CH5N/c1-8-13-46-33(5)50(6,7)44-25-19-32(4)20-26-47(44)52(46)40-23-21-34(22-24-40)35-15-11-16-36(27-35)37-28-38(30-39(29-37)45-31-51-45)42-17-12-18-43-41(10-3)48(14-9-2)53-49(42)43;2*1-2/h8-18,20-30,45,51H,3,19,31H2,1-2,4-7H3;1-2H;2H2,1H3/b13-8-,14-9-;;. The fraction of sp³-hybridized carbons (Fsp3) is 0.208. The van der Waals surface area contributed by atoms with Gasteiger partial charge < -0.3 is 16.0 Å². The van der Waals surface area contributed by atoms with Crippen LogP contribution < -0.4 is 16.0 Å². The predicted molar refractivity (Wildman–Crippen MR) is 252 cm³/mol. The second kappa shape index (κ2) is 17.6. The summed E-state index contributed by atoms with van der Waals surface area (Å²) < 4.78 is 1.31. The fourth-order valence-corrected chi connectivity index (χ4v) is 9.30. The number of nitrogens with zero attached hydrogens (tertiary/aromatic N) is 1. The van der Waals surface area contributed by atoms with Gasteiger partial charge in [-0.3, -0.25) is 0 Å². The summed E-state index contributed by atoms with van der Waals surface area (Å²) in [5.41, 5.74) is 22.3. The Hall–Kier alpha value is -5.70. The fourth-order valence-electron chi connectivity index (χ4n) is 7.99. The van der Waals surface area contributed by atoms with Gasteiger partial charge in [0.25, 0.3) is 0 Å². The molecule has 0 bridgehead atoms. The number of hydrogen-bond acceptors (Lipinski definition) is 4. The van der Waals surface area contributed by atoms with Crippen LogP contribution in [0.4, 0.5) is 5.69 Å². The summed E-state index contributed by atoms with van der Waals surface area (Å²) in [7, 11) is 1.50. The topological polar surface area (TPSA) is 51.2 Å². The van der Waals surface area contributed by atoms with Crippen molar-refractivity contribution in [3.8, 4) is 46.2 Å². The lowest BCUT2D eigenvalue weighted by Gasteiger charge is -2.44. The number of nitrogens with one attached hydrogen (secondary N) is 1. The number of thiophene rings is 1. The van der Waals surface area contributed by atoms with Crippen molar-refractivity contribution in [2.45, 2.75) is 54.0 Å². The maximum absolute atomic E-state index is 4.50. The Morgan fingerprint density at radius 2 is 1.47 bits per heavy atom. The summed E-state index contributed by atoms with van der Waals surface area (Å²) in [5, 5.41) is 4.82. The van der Waals surface area contributed by atoms with Gasteiger partial charge in [0, 0.05) is 50.0 Å². The highest BCUT2D eigenvalue weighted by Crippen LogP contribution is 2.50. The molecule has 3 nitrogen and oxygen atoms in total. The van der Waals surface area contributed by atoms with Crippen LogP contribution >= 0.6 is 11.3 Å². The van der Waals surface area contributed by atoms with E-state index in [2.05, 4.69) is 204 Å². The number of rotatable bonds is 8. The smallest absolute Gasteiger partial charge is 0.0499 e. The normalized spacial score (nSPS) is 17.1. The monoisotopic (exact) mass is 765 g/mol. The first kappa shape index (κ1) is 40.9. The minimum atomic E-state index is -0.0527. The van der Waals surface area contributed by atoms with Gasteiger partial charge in [-0.1, -0.05) is 105 Å². The van der Waals surface area contributed by atoms with Gasteiger partial charge in [-0.2, -0.15) is 0 Å². The Bertz CT molecular complexity index is 2500. The molecule has 57 heavy (non-hydrogen) atoms. The maximum Gasteiger partial charge on any atom is 0.0499 e. The van der Waals surface area contributed by atoms with Gasteiger partial charge >= 0.3 is 0 Å². The van der Waals surface area contributed by atoms with Crippen molar-refractivity contribution in [1.29, 1.82) is 0 Å². The van der Waals surface area contributed by atoms with E-state index in [-0.39, 0.29) is 5.41 Å². The van der Waals surface area contributed by atoms with E-state index in [1.54, 1.807) is 0 Å². The number of fused-ring (bicyclic) bond motifs is 2. The van der Waals surface area contributed by atoms with E-state index < -0.39 is 0 Å². The number of allylic oxidation sites excluding steroid dienone is 9. The molecule has 0 spiro atoms. The number of anilines is 1. The van der Waals surface area contributed by atoms with Crippen LogP contribution in [-0.2, 0) is 0 Å². The van der Waals surface area contributed by atoms with Gasteiger partial charge in [-0.15, -0.1) is 24.2 Å². The number of hydrogen-bond donors (Lipinski definition) is 2. The molecule has 1 saturated heterocycles. The first-order chi connectivity index (χ1) is 27.7. The van der Waals surface area contributed by atoms with Crippen molar-refractivity contribution in [1.82, 2.24) is 5.32 Å². The molecule has 3 aliphatic rings. The second-order valence-electron chi connectivity index (χ2n) is 15.1. The number of benzene rings is 4. The highest BCUT2D eigenvalue weighted by molar-refractivity contribution is 7.20. The molecule has 1 unspecified atom stereocenters. The van der Waals surface area contributed by atoms with Gasteiger partial charge in [-0.25, -0.2) is 0 Å². The lowest BCUT2D eigenvalue weighted by atomic mass is 9.72. The van der Waals surface area contributed by atoms with Crippen LogP contribution in [0.5, 0.6) is 0 Å². The minimum absolute atomic E-state index is 0.0527. The molecular formula is C53H55N3S. The van der Waals surface area contributed by atoms with Crippen LogP contribution in [0.1, 0.15) is 70.0 Å². The summed E-state index contributed by atoms with van der Waals surface area (Å²) in [6.45, 7) is 18.6. The quantitative estimate of drug-likeness (QED) is 0.122. The van der Waals surface area contributed by atoms with E-state index in [4.69, 9.17) is 0 Å². The molecule has 0 radical (unpaired) electrons. The Labute approximate surface area is 345 Å². The molecule has 1 fully saturated rings. The van der Waals surface area contributed by atoms with Gasteiger partial charge in [0.15, 0.2) is 0 Å². The Balaban J connectivity index is 0.00000133. The first-order valence-electron chi connectivity index (χ1n) is 19.8. The van der Waals surface area contributed by atoms with E-state index >= 15 is 0 Å². The lowest BCUT2D eigenvalue weighted by molar-refractivity contribution is 0.520. The van der Waals surface area contributed by atoms with Crippen LogP contribution in [0.25, 0.3) is 55.6 Å². The van der Waals surface area contributed by atoms with Crippen LogP contribution in [0, 0.1) is 18.3 Å². The van der Waals surface area contributed by atoms with Crippen molar-refractivity contribution in [3.05, 3.63) is 172 Å². The van der Waals surface area contributed by atoms with E-state index in [1.165, 1.54) is 100 Å². The summed E-state index contributed by atoms with van der Waals surface area (Å²) >= 11 is 1.85. The number of terminal acetylenes is 1. The molecule has 4 aromatic carbocycles. The SMILES string of the molecule is C#C.C=Cc1c(/C=C\C)sc2c(-c3cc(-c4cccc(-c5ccc(N6C7=CC=C(C)CC=C7C(C)(C)C(C)=C6/C=C\C)cc5)c4)cc(C4CN4)c3)cccc12.CN. The van der Waals surface area contributed by atoms with Crippen LogP contribution in [0.2, 0.25) is 0 Å². The van der Waals surface area contributed by atoms with Crippen LogP contribution in [0.15, 0.2) is 156 Å². The van der Waals surface area contributed by atoms with Gasteiger partial charge in [0.2, 0.25) is 0 Å². The van der Waals surface area contributed by atoms with E-state index in [1.807, 2.05) is 17.4 Å². The van der Waals surface area contributed by atoms with Gasteiger partial charge in [0.05, 0.1) is 0 Å². The lowest BCUT2D eigenvalue weighted by Crippen LogP contribution is -2.36. The minimum Gasteiger partial charge on any atom is -0.333 e. The summed E-state index contributed by atoms with van der Waals surface area (Å²) in [6.07, 6.45) is 26.8. The molecule has 1 aliphatic carbocycles. The highest BCUT2D eigenvalue weighted by Gasteiger charge is 2.38. The van der Waals surface area contributed by atoms with E-state index in [9.17, 15) is 0 Å². The van der Waals surface area contributed by atoms with Crippen LogP contribution in [0.3, 0.4) is 0 Å². The average molecular weight is 766 g/mol. The molecule has 8 rings (SSSR count). The average Bonchev–Trinajstić information content (AvgIpc) is 4.06. The molecule has 3 heterocycles. The summed E-state index contributed by atoms with van der Waals surface area (Å²) in [4.78, 5) is 3.71. The van der Waals surface area contributed by atoms with Crippen molar-refractivity contribution in [3.63, 3.8) is 0 Å². The zero-order valence-electron chi connectivity index (χ0n) is 34.5. The number of nitrogens with two attached hydrogens (primary N) is 1. The van der Waals surface area contributed by atoms with Crippen molar-refractivity contribution >= 4 is 39.3 Å². The Morgan fingerprint density at radius 3 is 2.14 bits per heavy atom.